The van der Waals surface area contributed by atoms with Crippen molar-refractivity contribution in [3.05, 3.63) is 22.1 Å². The first-order valence-electron chi connectivity index (χ1n) is 8.77. The zero-order valence-electron chi connectivity index (χ0n) is 17.5. The summed E-state index contributed by atoms with van der Waals surface area (Å²) in [5, 5.41) is 8.56. The van der Waals surface area contributed by atoms with Crippen LogP contribution in [0.4, 0.5) is 0 Å². The van der Waals surface area contributed by atoms with Crippen molar-refractivity contribution in [1.82, 2.24) is 0 Å². The predicted molar refractivity (Wildman–Crippen MR) is 106 cm³/mol. The molecule has 0 aliphatic heterocycles. The van der Waals surface area contributed by atoms with Gasteiger partial charge in [-0.2, -0.15) is 13.1 Å². The molecular weight excluding hydrogens is 363 g/mol. The normalized spacial score (nSPS) is 9.39. The third kappa shape index (κ3) is 84.9. The molecule has 0 aromatic heterocycles. The van der Waals surface area contributed by atoms with Gasteiger partial charge in [0.1, 0.15) is 0 Å². The van der Waals surface area contributed by atoms with E-state index >= 15 is 0 Å². The third-order valence-corrected chi connectivity index (χ3v) is 1.69. The minimum Gasteiger partial charge on any atom is -0.677 e. The summed E-state index contributed by atoms with van der Waals surface area (Å²) < 4.78 is 0. The molecule has 2 N–H and O–H groups in total. The first-order chi connectivity index (χ1) is 10.1. The van der Waals surface area contributed by atoms with Gasteiger partial charge in [-0.05, 0) is 0 Å². The van der Waals surface area contributed by atoms with Crippen molar-refractivity contribution >= 4 is 0 Å². The zero-order valence-corrected chi connectivity index (χ0v) is 20.0. The van der Waals surface area contributed by atoms with Crippen LogP contribution in [0.3, 0.4) is 0 Å². The molecule has 0 heterocycles. The van der Waals surface area contributed by atoms with Crippen LogP contribution < -0.4 is 0 Å². The fourth-order valence-corrected chi connectivity index (χ4v) is 1.19. The molecule has 4 nitrogen and oxygen atoms in total. The van der Waals surface area contributed by atoms with Crippen molar-refractivity contribution in [1.29, 1.82) is 0 Å². The van der Waals surface area contributed by atoms with Gasteiger partial charge in [0.05, 0.1) is 0 Å². The van der Waals surface area contributed by atoms with E-state index in [1.165, 1.54) is 0 Å². The Morgan fingerprint density at radius 2 is 0.696 bits per heavy atom. The molecular formula is C18H44N4Zr. The Hall–Kier alpha value is 0.723. The first-order valence-corrected chi connectivity index (χ1v) is 8.77. The fraction of sp³-hybridized carbons (Fsp3) is 1.00. The van der Waals surface area contributed by atoms with Crippen molar-refractivity contribution in [3.63, 3.8) is 0 Å². The van der Waals surface area contributed by atoms with E-state index < -0.39 is 0 Å². The second kappa shape index (κ2) is 30.6. The van der Waals surface area contributed by atoms with Crippen molar-refractivity contribution < 1.29 is 26.2 Å². The minimum atomic E-state index is 0. The SMILES string of the molecule is CC(C)[N-]C(C)C.CC(C)[N-]C(C)C.CCC[NH-].CCC[NH-].[Zr+4]. The quantitative estimate of drug-likeness (QED) is 0.444. The molecule has 0 aromatic rings. The number of nitrogens with one attached hydrogen (secondary N) is 2. The molecule has 0 spiro atoms. The van der Waals surface area contributed by atoms with Crippen LogP contribution in [-0.2, 0) is 26.2 Å². The topological polar surface area (TPSA) is 75.8 Å². The molecule has 0 rings (SSSR count). The third-order valence-electron chi connectivity index (χ3n) is 1.69. The van der Waals surface area contributed by atoms with Crippen molar-refractivity contribution in [2.24, 2.45) is 0 Å². The van der Waals surface area contributed by atoms with Crippen LogP contribution in [-0.4, -0.2) is 37.3 Å². The molecule has 0 bridgehead atoms. The summed E-state index contributed by atoms with van der Waals surface area (Å²) in [5.41, 5.74) is 12.9. The van der Waals surface area contributed by atoms with E-state index in [2.05, 4.69) is 66.0 Å². The van der Waals surface area contributed by atoms with Crippen LogP contribution in [0.5, 0.6) is 0 Å². The maximum atomic E-state index is 6.45. The summed E-state index contributed by atoms with van der Waals surface area (Å²) in [7, 11) is 0. The molecule has 0 amide bonds. The molecule has 23 heavy (non-hydrogen) atoms. The Bertz CT molecular complexity index is 129. The summed E-state index contributed by atoms with van der Waals surface area (Å²) in [6, 6.07) is 2.00. The summed E-state index contributed by atoms with van der Waals surface area (Å²) in [6.07, 6.45) is 1.97. The summed E-state index contributed by atoms with van der Waals surface area (Å²) >= 11 is 0. The van der Waals surface area contributed by atoms with Gasteiger partial charge in [-0.1, -0.05) is 82.1 Å². The Morgan fingerprint density at radius 3 is 0.696 bits per heavy atom. The van der Waals surface area contributed by atoms with Crippen LogP contribution in [0.2, 0.25) is 0 Å². The molecule has 140 valence electrons. The molecule has 0 aliphatic carbocycles. The smallest absolute Gasteiger partial charge is 0.677 e. The molecule has 0 radical (unpaired) electrons. The van der Waals surface area contributed by atoms with Crippen LogP contribution in [0.1, 0.15) is 82.1 Å². The van der Waals surface area contributed by atoms with Gasteiger partial charge in [-0.3, -0.25) is 0 Å². The van der Waals surface area contributed by atoms with E-state index in [0.29, 0.717) is 37.3 Å². The van der Waals surface area contributed by atoms with Gasteiger partial charge >= 0.3 is 26.2 Å². The summed E-state index contributed by atoms with van der Waals surface area (Å²) in [6.45, 7) is 21.9. The van der Waals surface area contributed by atoms with E-state index in [9.17, 15) is 0 Å². The van der Waals surface area contributed by atoms with Gasteiger partial charge in [0.15, 0.2) is 0 Å². The standard InChI is InChI=1S/2C6H14N.2C3H8N.Zr/c2*1-5(2)7-6(3)4;2*1-2-3-4;/h2*5-6H,1-4H3;2*4H,2-3H2,1H3;/q4*-1;+4. The second-order valence-corrected chi connectivity index (χ2v) is 6.17. The maximum Gasteiger partial charge on any atom is 4.00 e. The molecule has 0 atom stereocenters. The van der Waals surface area contributed by atoms with Gasteiger partial charge in [-0.25, -0.2) is 0 Å². The molecule has 0 aliphatic rings. The fourth-order valence-electron chi connectivity index (χ4n) is 1.19. The number of nitrogens with zero attached hydrogens (tertiary/aromatic N) is 2. The Kier molecular flexibility index (Phi) is 46.5. The number of rotatable bonds is 6. The molecule has 0 aromatic carbocycles. The van der Waals surface area contributed by atoms with E-state index in [-0.39, 0.29) is 26.2 Å². The number of hydrogen-bond acceptors (Lipinski definition) is 0. The van der Waals surface area contributed by atoms with Crippen LogP contribution in [0, 0.1) is 0 Å². The summed E-state index contributed by atoms with van der Waals surface area (Å²) in [4.78, 5) is 0. The molecule has 0 saturated carbocycles. The van der Waals surface area contributed by atoms with Crippen molar-refractivity contribution in [2.75, 3.05) is 13.1 Å². The molecule has 0 unspecified atom stereocenters. The molecule has 0 fully saturated rings. The monoisotopic (exact) mass is 406 g/mol. The van der Waals surface area contributed by atoms with Gasteiger partial charge in [-0.15, -0.1) is 24.2 Å². The Balaban J connectivity index is -0.0000000639. The van der Waals surface area contributed by atoms with Crippen LogP contribution in [0.15, 0.2) is 0 Å². The molecule has 5 heteroatoms. The van der Waals surface area contributed by atoms with Crippen LogP contribution >= 0.6 is 0 Å². The van der Waals surface area contributed by atoms with E-state index in [4.69, 9.17) is 11.5 Å². The average molecular weight is 408 g/mol. The largest absolute Gasteiger partial charge is 4.00 e. The predicted octanol–water partition coefficient (Wildman–Crippen LogP) is 7.25. The summed E-state index contributed by atoms with van der Waals surface area (Å²) in [5.74, 6) is 0. The van der Waals surface area contributed by atoms with E-state index in [1.807, 2.05) is 13.8 Å². The van der Waals surface area contributed by atoms with E-state index in [1.54, 1.807) is 0 Å². The van der Waals surface area contributed by atoms with Gasteiger partial charge in [0.25, 0.3) is 0 Å². The van der Waals surface area contributed by atoms with Crippen molar-refractivity contribution in [2.45, 2.75) is 106 Å². The minimum absolute atomic E-state index is 0. The van der Waals surface area contributed by atoms with Gasteiger partial charge in [0.2, 0.25) is 0 Å². The Labute approximate surface area is 167 Å². The van der Waals surface area contributed by atoms with Crippen molar-refractivity contribution in [3.8, 4) is 0 Å². The number of hydrogen-bond donors (Lipinski definition) is 0. The maximum absolute atomic E-state index is 6.45. The second-order valence-electron chi connectivity index (χ2n) is 6.17. The Morgan fingerprint density at radius 1 is 0.565 bits per heavy atom. The van der Waals surface area contributed by atoms with E-state index in [0.717, 1.165) is 12.8 Å². The first kappa shape index (κ1) is 34.9. The zero-order chi connectivity index (χ0) is 18.6. The van der Waals surface area contributed by atoms with Crippen LogP contribution in [0.25, 0.3) is 22.1 Å². The van der Waals surface area contributed by atoms with Gasteiger partial charge in [0, 0.05) is 0 Å². The molecule has 0 saturated heterocycles. The van der Waals surface area contributed by atoms with Gasteiger partial charge < -0.3 is 22.1 Å². The average Bonchev–Trinajstić information content (AvgIpc) is 2.36.